The molecule has 0 amide bonds. The number of hydrogen-bond acceptors (Lipinski definition) is 3. The van der Waals surface area contributed by atoms with E-state index in [1.807, 2.05) is 18.5 Å². The van der Waals surface area contributed by atoms with Crippen LogP contribution in [0.1, 0.15) is 22.7 Å². The molecular formula is C14H11IN2O. The van der Waals surface area contributed by atoms with Crippen LogP contribution in [0.2, 0.25) is 0 Å². The van der Waals surface area contributed by atoms with E-state index >= 15 is 0 Å². The summed E-state index contributed by atoms with van der Waals surface area (Å²) in [5, 5.41) is 0. The molecule has 18 heavy (non-hydrogen) atoms. The van der Waals surface area contributed by atoms with Crippen molar-refractivity contribution in [2.75, 3.05) is 7.11 Å². The van der Waals surface area contributed by atoms with Crippen LogP contribution in [0.5, 0.6) is 5.88 Å². The fraction of sp³-hybridized carbons (Fsp3) is 0.143. The summed E-state index contributed by atoms with van der Waals surface area (Å²) in [5.74, 6) is 0.628. The van der Waals surface area contributed by atoms with Gasteiger partial charge in [-0.25, -0.2) is 4.98 Å². The van der Waals surface area contributed by atoms with E-state index in [1.165, 1.54) is 9.13 Å². The van der Waals surface area contributed by atoms with Crippen molar-refractivity contribution >= 4 is 28.8 Å². The number of benzene rings is 1. The standard InChI is InChI=1S/C14H11IN2O/c1-18-13-6-10-7-17-14(12(10)8-16-13)9-3-2-4-11(15)5-9/h2-8,14H,1H3. The van der Waals surface area contributed by atoms with Crippen LogP contribution in [-0.2, 0) is 0 Å². The lowest BCUT2D eigenvalue weighted by molar-refractivity contribution is 0.397. The molecular weight excluding hydrogens is 339 g/mol. The SMILES string of the molecule is COc1cc2c(cn1)C(c1cccc(I)c1)N=C2. The Morgan fingerprint density at radius 3 is 2.94 bits per heavy atom. The molecule has 0 radical (unpaired) electrons. The van der Waals surface area contributed by atoms with E-state index in [9.17, 15) is 0 Å². The lowest BCUT2D eigenvalue weighted by atomic mass is 10.00. The third-order valence-corrected chi connectivity index (χ3v) is 3.65. The zero-order chi connectivity index (χ0) is 12.5. The first-order valence-corrected chi connectivity index (χ1v) is 6.68. The smallest absolute Gasteiger partial charge is 0.213 e. The van der Waals surface area contributed by atoms with Crippen LogP contribution in [0, 0.1) is 3.57 Å². The minimum Gasteiger partial charge on any atom is -0.481 e. The molecule has 1 aliphatic rings. The van der Waals surface area contributed by atoms with E-state index in [4.69, 9.17) is 4.74 Å². The van der Waals surface area contributed by atoms with Crippen LogP contribution in [-0.4, -0.2) is 18.3 Å². The maximum atomic E-state index is 5.13. The van der Waals surface area contributed by atoms with Crippen LogP contribution in [0.15, 0.2) is 41.5 Å². The number of aromatic nitrogens is 1. The summed E-state index contributed by atoms with van der Waals surface area (Å²) < 4.78 is 6.34. The Morgan fingerprint density at radius 1 is 1.28 bits per heavy atom. The summed E-state index contributed by atoms with van der Waals surface area (Å²) >= 11 is 2.32. The zero-order valence-electron chi connectivity index (χ0n) is 9.80. The molecule has 0 spiro atoms. The second-order valence-electron chi connectivity index (χ2n) is 4.09. The van der Waals surface area contributed by atoms with E-state index in [-0.39, 0.29) is 6.04 Å². The molecule has 0 aliphatic carbocycles. The summed E-state index contributed by atoms with van der Waals surface area (Å²) in [6.45, 7) is 0. The lowest BCUT2D eigenvalue weighted by Crippen LogP contribution is -1.98. The van der Waals surface area contributed by atoms with Gasteiger partial charge in [0, 0.05) is 33.2 Å². The van der Waals surface area contributed by atoms with Crippen molar-refractivity contribution in [3.63, 3.8) is 0 Å². The molecule has 2 heterocycles. The van der Waals surface area contributed by atoms with Gasteiger partial charge >= 0.3 is 0 Å². The van der Waals surface area contributed by atoms with Crippen LogP contribution >= 0.6 is 22.6 Å². The molecule has 3 nitrogen and oxygen atoms in total. The van der Waals surface area contributed by atoms with Gasteiger partial charge in [0.1, 0.15) is 6.04 Å². The molecule has 4 heteroatoms. The minimum atomic E-state index is 0.0631. The van der Waals surface area contributed by atoms with Gasteiger partial charge in [-0.15, -0.1) is 0 Å². The largest absolute Gasteiger partial charge is 0.481 e. The van der Waals surface area contributed by atoms with Gasteiger partial charge in [-0.3, -0.25) is 4.99 Å². The Balaban J connectivity index is 2.03. The molecule has 1 aliphatic heterocycles. The van der Waals surface area contributed by atoms with Crippen LogP contribution < -0.4 is 4.74 Å². The quantitative estimate of drug-likeness (QED) is 0.780. The summed E-state index contributed by atoms with van der Waals surface area (Å²) in [4.78, 5) is 8.83. The summed E-state index contributed by atoms with van der Waals surface area (Å²) in [6, 6.07) is 10.4. The van der Waals surface area contributed by atoms with Gasteiger partial charge in [0.25, 0.3) is 0 Å². The number of halogens is 1. The maximum Gasteiger partial charge on any atom is 0.213 e. The highest BCUT2D eigenvalue weighted by atomic mass is 127. The van der Waals surface area contributed by atoms with E-state index in [2.05, 4.69) is 56.8 Å². The van der Waals surface area contributed by atoms with Gasteiger partial charge in [0.15, 0.2) is 0 Å². The predicted molar refractivity (Wildman–Crippen MR) is 79.4 cm³/mol. The first kappa shape index (κ1) is 11.6. The Morgan fingerprint density at radius 2 is 2.17 bits per heavy atom. The van der Waals surface area contributed by atoms with Gasteiger partial charge in [-0.05, 0) is 40.3 Å². The van der Waals surface area contributed by atoms with Crippen molar-refractivity contribution in [1.29, 1.82) is 0 Å². The van der Waals surface area contributed by atoms with Crippen molar-refractivity contribution in [1.82, 2.24) is 4.98 Å². The summed E-state index contributed by atoms with van der Waals surface area (Å²) in [5.41, 5.74) is 3.42. The van der Waals surface area contributed by atoms with Crippen LogP contribution in [0.25, 0.3) is 0 Å². The van der Waals surface area contributed by atoms with Crippen LogP contribution in [0.3, 0.4) is 0 Å². The summed E-state index contributed by atoms with van der Waals surface area (Å²) in [6.07, 6.45) is 3.75. The van der Waals surface area contributed by atoms with Crippen molar-refractivity contribution in [2.45, 2.75) is 6.04 Å². The number of rotatable bonds is 2. The number of fused-ring (bicyclic) bond motifs is 1. The monoisotopic (exact) mass is 350 g/mol. The second-order valence-corrected chi connectivity index (χ2v) is 5.34. The second kappa shape index (κ2) is 4.68. The van der Waals surface area contributed by atoms with Gasteiger partial charge in [-0.2, -0.15) is 0 Å². The molecule has 1 aromatic carbocycles. The van der Waals surface area contributed by atoms with E-state index in [0.717, 1.165) is 11.1 Å². The summed E-state index contributed by atoms with van der Waals surface area (Å²) in [7, 11) is 1.62. The highest BCUT2D eigenvalue weighted by Gasteiger charge is 2.21. The third kappa shape index (κ3) is 2.01. The number of ether oxygens (including phenoxy) is 1. The molecule has 2 aromatic rings. The average Bonchev–Trinajstić information content (AvgIpc) is 2.81. The topological polar surface area (TPSA) is 34.5 Å². The number of pyridine rings is 1. The Kier molecular flexibility index (Phi) is 3.03. The molecule has 1 aromatic heterocycles. The maximum absolute atomic E-state index is 5.13. The molecule has 0 bridgehead atoms. The molecule has 0 fully saturated rings. The van der Waals surface area contributed by atoms with Gasteiger partial charge < -0.3 is 4.74 Å². The van der Waals surface area contributed by atoms with Crippen molar-refractivity contribution in [3.8, 4) is 5.88 Å². The Bertz CT molecular complexity index is 625. The molecule has 0 saturated heterocycles. The van der Waals surface area contributed by atoms with Crippen molar-refractivity contribution in [3.05, 3.63) is 56.8 Å². The molecule has 0 saturated carbocycles. The predicted octanol–water partition coefficient (Wildman–Crippen LogP) is 3.22. The highest BCUT2D eigenvalue weighted by molar-refractivity contribution is 14.1. The number of methoxy groups -OCH3 is 1. The zero-order valence-corrected chi connectivity index (χ0v) is 12.0. The van der Waals surface area contributed by atoms with Crippen molar-refractivity contribution < 1.29 is 4.74 Å². The highest BCUT2D eigenvalue weighted by Crippen LogP contribution is 2.33. The first-order chi connectivity index (χ1) is 8.78. The third-order valence-electron chi connectivity index (χ3n) is 2.97. The van der Waals surface area contributed by atoms with Gasteiger partial charge in [0.05, 0.1) is 7.11 Å². The van der Waals surface area contributed by atoms with Gasteiger partial charge in [-0.1, -0.05) is 12.1 Å². The normalized spacial score (nSPS) is 16.7. The Hall–Kier alpha value is -1.43. The molecule has 90 valence electrons. The van der Waals surface area contributed by atoms with E-state index in [1.54, 1.807) is 7.11 Å². The first-order valence-electron chi connectivity index (χ1n) is 5.60. The lowest BCUT2D eigenvalue weighted by Gasteiger charge is -2.10. The number of nitrogens with zero attached hydrogens (tertiary/aromatic N) is 2. The molecule has 1 atom stereocenters. The van der Waals surface area contributed by atoms with Crippen molar-refractivity contribution in [2.24, 2.45) is 4.99 Å². The van der Waals surface area contributed by atoms with Crippen LogP contribution in [0.4, 0.5) is 0 Å². The fourth-order valence-corrected chi connectivity index (χ4v) is 2.66. The molecule has 1 unspecified atom stereocenters. The molecule has 3 rings (SSSR count). The molecule has 0 N–H and O–H groups in total. The van der Waals surface area contributed by atoms with Gasteiger partial charge in [0.2, 0.25) is 5.88 Å². The average molecular weight is 350 g/mol. The minimum absolute atomic E-state index is 0.0631. The van der Waals surface area contributed by atoms with E-state index in [0.29, 0.717) is 5.88 Å². The fourth-order valence-electron chi connectivity index (χ4n) is 2.09. The Labute approximate surface area is 119 Å². The van der Waals surface area contributed by atoms with E-state index < -0.39 is 0 Å². The number of hydrogen-bond donors (Lipinski definition) is 0. The number of aliphatic imine (C=N–C) groups is 1.